The van der Waals surface area contributed by atoms with Gasteiger partial charge >= 0.3 is 0 Å². The van der Waals surface area contributed by atoms with Gasteiger partial charge in [0.25, 0.3) is 5.91 Å². The SMILES string of the molecule is COc1cccc(F)c1-c1nccc(C(=O)Nc2ccc3c(nc(C)n3C)c2N2CCCC2)c1F. The van der Waals surface area contributed by atoms with Crippen molar-refractivity contribution in [1.29, 1.82) is 0 Å². The van der Waals surface area contributed by atoms with Crippen molar-refractivity contribution < 1.29 is 18.3 Å². The molecule has 1 aliphatic heterocycles. The number of hydrogen-bond donors (Lipinski definition) is 1. The van der Waals surface area contributed by atoms with Crippen LogP contribution in [0.15, 0.2) is 42.6 Å². The van der Waals surface area contributed by atoms with Crippen molar-refractivity contribution in [2.75, 3.05) is 30.4 Å². The summed E-state index contributed by atoms with van der Waals surface area (Å²) in [5.74, 6) is -1.30. The number of methoxy groups -OCH3 is 1. The number of carbonyl (C=O) groups excluding carboxylic acids is 1. The first-order valence-electron chi connectivity index (χ1n) is 11.4. The Morgan fingerprint density at radius 3 is 2.63 bits per heavy atom. The maximum atomic E-state index is 15.5. The van der Waals surface area contributed by atoms with Crippen molar-refractivity contribution in [3.63, 3.8) is 0 Å². The van der Waals surface area contributed by atoms with Crippen LogP contribution >= 0.6 is 0 Å². The number of hydrogen-bond acceptors (Lipinski definition) is 5. The Kier molecular flexibility index (Phi) is 5.84. The van der Waals surface area contributed by atoms with Crippen molar-refractivity contribution in [2.24, 2.45) is 7.05 Å². The first-order chi connectivity index (χ1) is 16.9. The second kappa shape index (κ2) is 8.98. The molecule has 1 N–H and O–H groups in total. The lowest BCUT2D eigenvalue weighted by Gasteiger charge is -2.22. The third-order valence-corrected chi connectivity index (χ3v) is 6.49. The number of aromatic nitrogens is 3. The number of anilines is 2. The maximum Gasteiger partial charge on any atom is 0.258 e. The summed E-state index contributed by atoms with van der Waals surface area (Å²) < 4.78 is 37.3. The monoisotopic (exact) mass is 477 g/mol. The van der Waals surface area contributed by atoms with Gasteiger partial charge in [-0.1, -0.05) is 6.07 Å². The third-order valence-electron chi connectivity index (χ3n) is 6.49. The van der Waals surface area contributed by atoms with Gasteiger partial charge in [0.15, 0.2) is 5.82 Å². The Balaban J connectivity index is 1.57. The minimum atomic E-state index is -0.925. The van der Waals surface area contributed by atoms with Crippen LogP contribution in [-0.4, -0.2) is 40.6 Å². The zero-order valence-corrected chi connectivity index (χ0v) is 19.7. The van der Waals surface area contributed by atoms with E-state index in [0.29, 0.717) is 5.69 Å². The van der Waals surface area contributed by atoms with Crippen LogP contribution in [0.5, 0.6) is 5.75 Å². The van der Waals surface area contributed by atoms with E-state index in [4.69, 9.17) is 9.72 Å². The predicted octanol–water partition coefficient (Wildman–Crippen LogP) is 5.08. The Labute approximate surface area is 201 Å². The summed E-state index contributed by atoms with van der Waals surface area (Å²) in [4.78, 5) is 24.2. The van der Waals surface area contributed by atoms with Gasteiger partial charge in [-0.2, -0.15) is 0 Å². The summed E-state index contributed by atoms with van der Waals surface area (Å²) in [5, 5.41) is 2.86. The topological polar surface area (TPSA) is 72.3 Å². The van der Waals surface area contributed by atoms with Gasteiger partial charge in [0.2, 0.25) is 0 Å². The Bertz CT molecular complexity index is 1440. The highest BCUT2D eigenvalue weighted by atomic mass is 19.1. The second-order valence-electron chi connectivity index (χ2n) is 8.53. The summed E-state index contributed by atoms with van der Waals surface area (Å²) in [7, 11) is 3.31. The minimum Gasteiger partial charge on any atom is -0.496 e. The number of nitrogens with one attached hydrogen (secondary N) is 1. The minimum absolute atomic E-state index is 0.126. The number of carbonyl (C=O) groups is 1. The van der Waals surface area contributed by atoms with E-state index in [1.165, 1.54) is 37.6 Å². The number of imidazole rings is 1. The van der Waals surface area contributed by atoms with E-state index in [1.54, 1.807) is 0 Å². The highest BCUT2D eigenvalue weighted by molar-refractivity contribution is 6.09. The molecular weight excluding hydrogens is 452 g/mol. The second-order valence-corrected chi connectivity index (χ2v) is 8.53. The molecule has 1 saturated heterocycles. The lowest BCUT2D eigenvalue weighted by Crippen LogP contribution is -2.22. The Hall–Kier alpha value is -4.01. The van der Waals surface area contributed by atoms with E-state index in [0.717, 1.165) is 48.5 Å². The molecule has 180 valence electrons. The summed E-state index contributed by atoms with van der Waals surface area (Å²) in [6, 6.07) is 9.15. The number of amides is 1. The standard InChI is InChI=1S/C26H25F2N5O2/c1-15-30-23-19(32(15)2)10-9-18(25(23)33-13-4-5-14-33)31-26(34)16-11-12-29-24(22(16)28)21-17(27)7-6-8-20(21)35-3/h6-12H,4-5,13-14H2,1-3H3,(H,31,34). The smallest absolute Gasteiger partial charge is 0.258 e. The fraction of sp³-hybridized carbons (Fsp3) is 0.269. The molecule has 0 unspecified atom stereocenters. The largest absolute Gasteiger partial charge is 0.496 e. The van der Waals surface area contributed by atoms with Crippen LogP contribution in [0.3, 0.4) is 0 Å². The number of pyridine rings is 1. The normalized spacial score (nSPS) is 13.5. The molecule has 9 heteroatoms. The van der Waals surface area contributed by atoms with E-state index in [2.05, 4.69) is 15.2 Å². The summed E-state index contributed by atoms with van der Waals surface area (Å²) >= 11 is 0. The molecule has 3 heterocycles. The van der Waals surface area contributed by atoms with Gasteiger partial charge in [-0.3, -0.25) is 9.78 Å². The van der Waals surface area contributed by atoms with Gasteiger partial charge in [0.05, 0.1) is 35.1 Å². The zero-order valence-electron chi connectivity index (χ0n) is 19.7. The van der Waals surface area contributed by atoms with E-state index < -0.39 is 17.5 Å². The number of nitrogens with zero attached hydrogens (tertiary/aromatic N) is 4. The molecule has 1 fully saturated rings. The molecule has 5 rings (SSSR count). The van der Waals surface area contributed by atoms with Crippen LogP contribution in [0, 0.1) is 18.6 Å². The lowest BCUT2D eigenvalue weighted by atomic mass is 10.1. The van der Waals surface area contributed by atoms with Crippen LogP contribution in [-0.2, 0) is 7.05 Å². The molecule has 0 saturated carbocycles. The van der Waals surface area contributed by atoms with Crippen LogP contribution < -0.4 is 15.0 Å². The third kappa shape index (κ3) is 3.86. The molecule has 2 aromatic heterocycles. The highest BCUT2D eigenvalue weighted by Gasteiger charge is 2.25. The van der Waals surface area contributed by atoms with Gasteiger partial charge in [-0.25, -0.2) is 13.8 Å². The van der Waals surface area contributed by atoms with Crippen molar-refractivity contribution in [1.82, 2.24) is 14.5 Å². The molecule has 35 heavy (non-hydrogen) atoms. The number of benzene rings is 2. The predicted molar refractivity (Wildman–Crippen MR) is 131 cm³/mol. The van der Waals surface area contributed by atoms with Crippen LogP contribution in [0.2, 0.25) is 0 Å². The first-order valence-corrected chi connectivity index (χ1v) is 11.4. The van der Waals surface area contributed by atoms with Crippen LogP contribution in [0.4, 0.5) is 20.2 Å². The number of aryl methyl sites for hydroxylation is 2. The molecule has 0 radical (unpaired) electrons. The lowest BCUT2D eigenvalue weighted by molar-refractivity contribution is 0.102. The molecular formula is C26H25F2N5O2. The molecule has 0 spiro atoms. The van der Waals surface area contributed by atoms with Crippen LogP contribution in [0.1, 0.15) is 29.0 Å². The van der Waals surface area contributed by atoms with E-state index in [-0.39, 0.29) is 22.6 Å². The molecule has 0 aliphatic carbocycles. The molecule has 2 aromatic carbocycles. The van der Waals surface area contributed by atoms with E-state index >= 15 is 4.39 Å². The van der Waals surface area contributed by atoms with Crippen molar-refractivity contribution in [3.8, 4) is 17.0 Å². The number of ether oxygens (including phenoxy) is 1. The molecule has 0 bridgehead atoms. The van der Waals surface area contributed by atoms with Gasteiger partial charge in [-0.15, -0.1) is 0 Å². The summed E-state index contributed by atoms with van der Waals surface area (Å²) in [5.41, 5.74) is 2.44. The van der Waals surface area contributed by atoms with Gasteiger partial charge in [0.1, 0.15) is 28.6 Å². The van der Waals surface area contributed by atoms with Crippen molar-refractivity contribution >= 4 is 28.3 Å². The molecule has 1 amide bonds. The van der Waals surface area contributed by atoms with E-state index in [9.17, 15) is 9.18 Å². The average molecular weight is 478 g/mol. The summed E-state index contributed by atoms with van der Waals surface area (Å²) in [6.07, 6.45) is 3.37. The van der Waals surface area contributed by atoms with Crippen molar-refractivity contribution in [2.45, 2.75) is 19.8 Å². The maximum absolute atomic E-state index is 15.5. The zero-order chi connectivity index (χ0) is 24.7. The number of rotatable bonds is 5. The van der Waals surface area contributed by atoms with Gasteiger partial charge in [-0.05, 0) is 50.1 Å². The van der Waals surface area contributed by atoms with Gasteiger partial charge < -0.3 is 19.5 Å². The molecule has 4 aromatic rings. The summed E-state index contributed by atoms with van der Waals surface area (Å²) in [6.45, 7) is 3.62. The molecule has 7 nitrogen and oxygen atoms in total. The Morgan fingerprint density at radius 2 is 1.89 bits per heavy atom. The Morgan fingerprint density at radius 1 is 1.11 bits per heavy atom. The fourth-order valence-corrected chi connectivity index (χ4v) is 4.61. The van der Waals surface area contributed by atoms with Crippen molar-refractivity contribution in [3.05, 3.63) is 65.6 Å². The average Bonchev–Trinajstić information content (AvgIpc) is 3.47. The fourth-order valence-electron chi connectivity index (χ4n) is 4.61. The van der Waals surface area contributed by atoms with E-state index in [1.807, 2.05) is 30.7 Å². The number of halogens is 2. The quantitative estimate of drug-likeness (QED) is 0.434. The molecule has 0 atom stereocenters. The number of fused-ring (bicyclic) bond motifs is 1. The first kappa shape index (κ1) is 22.8. The highest BCUT2D eigenvalue weighted by Crippen LogP contribution is 2.37. The van der Waals surface area contributed by atoms with Gasteiger partial charge in [0, 0.05) is 26.3 Å². The molecule has 1 aliphatic rings. The van der Waals surface area contributed by atoms with Crippen LogP contribution in [0.25, 0.3) is 22.3 Å².